The lowest BCUT2D eigenvalue weighted by molar-refractivity contribution is 0.318. The number of nitrogens with one attached hydrogen (secondary N) is 1. The van der Waals surface area contributed by atoms with E-state index >= 15 is 0 Å². The summed E-state index contributed by atoms with van der Waals surface area (Å²) in [4.78, 5) is 0. The Morgan fingerprint density at radius 1 is 1.38 bits per heavy atom. The van der Waals surface area contributed by atoms with E-state index in [0.717, 1.165) is 23.9 Å². The summed E-state index contributed by atoms with van der Waals surface area (Å²) in [6.07, 6.45) is 5.50. The van der Waals surface area contributed by atoms with Crippen LogP contribution in [0.5, 0.6) is 5.75 Å². The lowest BCUT2D eigenvalue weighted by atomic mass is 10.1. The smallest absolute Gasteiger partial charge is 0.173 e. The Kier molecular flexibility index (Phi) is 4.01. The van der Waals surface area contributed by atoms with E-state index in [1.165, 1.54) is 25.7 Å². The predicted octanol–water partition coefficient (Wildman–Crippen LogP) is 2.07. The van der Waals surface area contributed by atoms with Crippen molar-refractivity contribution in [2.45, 2.75) is 38.3 Å². The van der Waals surface area contributed by atoms with Gasteiger partial charge in [-0.05, 0) is 55.2 Å². The quantitative estimate of drug-likeness (QED) is 0.311. The molecule has 1 aromatic carbocycles. The standard InChI is InChI=1S/C16H23N3O2/c1-21-14-8-10(2-7-13(14)16(17)19-20)9-18-15(11-3-4-11)12-5-6-12/h2,7-8,11-12,15,18,20H,3-6,9H2,1H3,(H2,17,19). The number of amidine groups is 1. The summed E-state index contributed by atoms with van der Waals surface area (Å²) in [6.45, 7) is 0.838. The van der Waals surface area contributed by atoms with Crippen molar-refractivity contribution in [3.05, 3.63) is 29.3 Å². The molecule has 0 amide bonds. The zero-order valence-electron chi connectivity index (χ0n) is 12.4. The van der Waals surface area contributed by atoms with Crippen LogP contribution in [0.3, 0.4) is 0 Å². The van der Waals surface area contributed by atoms with Gasteiger partial charge in [0.25, 0.3) is 0 Å². The van der Waals surface area contributed by atoms with E-state index in [4.69, 9.17) is 15.7 Å². The second-order valence-electron chi connectivity index (χ2n) is 6.10. The predicted molar refractivity (Wildman–Crippen MR) is 81.6 cm³/mol. The van der Waals surface area contributed by atoms with Crippen molar-refractivity contribution >= 4 is 5.84 Å². The first-order chi connectivity index (χ1) is 10.2. The molecule has 0 saturated heterocycles. The van der Waals surface area contributed by atoms with Gasteiger partial charge in [-0.2, -0.15) is 0 Å². The Bertz CT molecular complexity index is 524. The van der Waals surface area contributed by atoms with Crippen LogP contribution in [0.1, 0.15) is 36.8 Å². The molecule has 3 rings (SSSR count). The maximum Gasteiger partial charge on any atom is 0.173 e. The van der Waals surface area contributed by atoms with Gasteiger partial charge >= 0.3 is 0 Å². The molecule has 114 valence electrons. The van der Waals surface area contributed by atoms with Gasteiger partial charge in [0.05, 0.1) is 12.7 Å². The minimum absolute atomic E-state index is 0.0696. The average molecular weight is 289 g/mol. The highest BCUT2D eigenvalue weighted by Crippen LogP contribution is 2.44. The minimum atomic E-state index is 0.0696. The molecule has 21 heavy (non-hydrogen) atoms. The van der Waals surface area contributed by atoms with Gasteiger partial charge in [-0.1, -0.05) is 11.2 Å². The van der Waals surface area contributed by atoms with Crippen LogP contribution >= 0.6 is 0 Å². The summed E-state index contributed by atoms with van der Waals surface area (Å²) in [5.41, 5.74) is 7.42. The van der Waals surface area contributed by atoms with Crippen molar-refractivity contribution in [2.24, 2.45) is 22.7 Å². The molecule has 0 spiro atoms. The van der Waals surface area contributed by atoms with Crippen LogP contribution < -0.4 is 15.8 Å². The molecule has 0 radical (unpaired) electrons. The largest absolute Gasteiger partial charge is 0.496 e. The molecule has 2 aliphatic rings. The van der Waals surface area contributed by atoms with Crippen molar-refractivity contribution in [3.8, 4) is 5.75 Å². The maximum absolute atomic E-state index is 8.78. The van der Waals surface area contributed by atoms with Crippen LogP contribution in [0.15, 0.2) is 23.4 Å². The molecule has 0 unspecified atom stereocenters. The van der Waals surface area contributed by atoms with Gasteiger partial charge in [0.2, 0.25) is 0 Å². The number of ether oxygens (including phenoxy) is 1. The van der Waals surface area contributed by atoms with Crippen LogP contribution in [-0.2, 0) is 6.54 Å². The minimum Gasteiger partial charge on any atom is -0.496 e. The molecule has 2 saturated carbocycles. The molecule has 2 fully saturated rings. The normalized spacial score (nSPS) is 19.0. The van der Waals surface area contributed by atoms with Gasteiger partial charge in [0.15, 0.2) is 5.84 Å². The van der Waals surface area contributed by atoms with Gasteiger partial charge in [-0.3, -0.25) is 0 Å². The summed E-state index contributed by atoms with van der Waals surface area (Å²) < 4.78 is 5.34. The first kappa shape index (κ1) is 14.2. The second-order valence-corrected chi connectivity index (χ2v) is 6.10. The van der Waals surface area contributed by atoms with Gasteiger partial charge in [-0.25, -0.2) is 0 Å². The third-order valence-corrected chi connectivity index (χ3v) is 4.45. The van der Waals surface area contributed by atoms with E-state index in [9.17, 15) is 0 Å². The van der Waals surface area contributed by atoms with Crippen LogP contribution in [0.4, 0.5) is 0 Å². The molecule has 0 aromatic heterocycles. The first-order valence-corrected chi connectivity index (χ1v) is 7.61. The fourth-order valence-electron chi connectivity index (χ4n) is 2.98. The summed E-state index contributed by atoms with van der Waals surface area (Å²) >= 11 is 0. The van der Waals surface area contributed by atoms with E-state index in [2.05, 4.69) is 10.5 Å². The summed E-state index contributed by atoms with van der Waals surface area (Å²) in [6, 6.07) is 6.48. The molecule has 0 aliphatic heterocycles. The highest BCUT2D eigenvalue weighted by atomic mass is 16.5. The number of oxime groups is 1. The number of nitrogens with two attached hydrogens (primary N) is 1. The highest BCUT2D eigenvalue weighted by Gasteiger charge is 2.40. The van der Waals surface area contributed by atoms with Gasteiger partial charge in [0.1, 0.15) is 5.75 Å². The third kappa shape index (κ3) is 3.29. The maximum atomic E-state index is 8.78. The van der Waals surface area contributed by atoms with E-state index in [1.807, 2.05) is 18.2 Å². The molecule has 0 heterocycles. The van der Waals surface area contributed by atoms with E-state index < -0.39 is 0 Å². The fraction of sp³-hybridized carbons (Fsp3) is 0.562. The molecule has 0 bridgehead atoms. The summed E-state index contributed by atoms with van der Waals surface area (Å²) in [5.74, 6) is 2.48. The SMILES string of the molecule is COc1cc(CNC(C2CC2)C2CC2)ccc1/C(N)=N/O. The number of methoxy groups -OCH3 is 1. The van der Waals surface area contributed by atoms with E-state index in [0.29, 0.717) is 17.4 Å². The number of nitrogens with zero attached hydrogens (tertiary/aromatic N) is 1. The molecule has 2 aliphatic carbocycles. The molecular formula is C16H23N3O2. The van der Waals surface area contributed by atoms with E-state index in [-0.39, 0.29) is 5.84 Å². The molecular weight excluding hydrogens is 266 g/mol. The average Bonchev–Trinajstić information content (AvgIpc) is 3.38. The third-order valence-electron chi connectivity index (χ3n) is 4.45. The Labute approximate surface area is 125 Å². The lowest BCUT2D eigenvalue weighted by Crippen LogP contribution is -2.32. The van der Waals surface area contributed by atoms with Gasteiger partial charge in [0, 0.05) is 12.6 Å². The highest BCUT2D eigenvalue weighted by molar-refractivity contribution is 5.99. The van der Waals surface area contributed by atoms with Crippen molar-refractivity contribution < 1.29 is 9.94 Å². The summed E-state index contributed by atoms with van der Waals surface area (Å²) in [7, 11) is 1.60. The lowest BCUT2D eigenvalue weighted by Gasteiger charge is -2.18. The Balaban J connectivity index is 1.67. The van der Waals surface area contributed by atoms with Gasteiger partial charge in [-0.15, -0.1) is 0 Å². The fourth-order valence-corrected chi connectivity index (χ4v) is 2.98. The number of rotatable bonds is 7. The van der Waals surface area contributed by atoms with Crippen LogP contribution in [0, 0.1) is 11.8 Å². The van der Waals surface area contributed by atoms with Crippen molar-refractivity contribution in [2.75, 3.05) is 7.11 Å². The molecule has 0 atom stereocenters. The molecule has 4 N–H and O–H groups in total. The zero-order chi connectivity index (χ0) is 14.8. The first-order valence-electron chi connectivity index (χ1n) is 7.61. The van der Waals surface area contributed by atoms with Crippen molar-refractivity contribution in [1.29, 1.82) is 0 Å². The second kappa shape index (κ2) is 5.93. The monoisotopic (exact) mass is 289 g/mol. The zero-order valence-corrected chi connectivity index (χ0v) is 12.4. The van der Waals surface area contributed by atoms with Crippen molar-refractivity contribution in [1.82, 2.24) is 5.32 Å². The Morgan fingerprint density at radius 2 is 2.05 bits per heavy atom. The van der Waals surface area contributed by atoms with Crippen molar-refractivity contribution in [3.63, 3.8) is 0 Å². The molecule has 5 nitrogen and oxygen atoms in total. The van der Waals surface area contributed by atoms with Crippen LogP contribution in [-0.4, -0.2) is 24.2 Å². The van der Waals surface area contributed by atoms with E-state index in [1.54, 1.807) is 7.11 Å². The number of benzene rings is 1. The Morgan fingerprint density at radius 3 is 2.57 bits per heavy atom. The van der Waals surface area contributed by atoms with Crippen LogP contribution in [0.25, 0.3) is 0 Å². The van der Waals surface area contributed by atoms with Gasteiger partial charge < -0.3 is 21.0 Å². The Hall–Kier alpha value is -1.75. The van der Waals surface area contributed by atoms with Crippen LogP contribution in [0.2, 0.25) is 0 Å². The number of hydrogen-bond acceptors (Lipinski definition) is 4. The summed E-state index contributed by atoms with van der Waals surface area (Å²) in [5, 5.41) is 15.5. The molecule has 1 aromatic rings. The molecule has 5 heteroatoms. The topological polar surface area (TPSA) is 79.9 Å². The number of hydrogen-bond donors (Lipinski definition) is 3.